The minimum atomic E-state index is -1.30. The van der Waals surface area contributed by atoms with E-state index in [9.17, 15) is 24.3 Å². The normalized spacial score (nSPS) is 11.7. The number of hydrogen-bond donors (Lipinski definition) is 5. The maximum Gasteiger partial charge on any atom is 0.326 e. The average Bonchev–Trinajstić information content (AvgIpc) is 2.76. The van der Waals surface area contributed by atoms with Crippen LogP contribution in [0, 0.1) is 0 Å². The molecule has 0 aliphatic carbocycles. The summed E-state index contributed by atoms with van der Waals surface area (Å²) in [5.74, 6) is -2.99. The van der Waals surface area contributed by atoms with Crippen molar-refractivity contribution in [2.45, 2.75) is 25.4 Å². The Kier molecular flexibility index (Phi) is 6.91. The van der Waals surface area contributed by atoms with Crippen LogP contribution in [0.2, 0.25) is 0 Å². The summed E-state index contributed by atoms with van der Waals surface area (Å²) < 4.78 is 0. The number of rotatable bonds is 9. The van der Waals surface area contributed by atoms with Gasteiger partial charge in [-0.1, -0.05) is 12.1 Å². The zero-order valence-electron chi connectivity index (χ0n) is 17.7. The van der Waals surface area contributed by atoms with E-state index in [1.807, 2.05) is 18.0 Å². The number of nitrogens with zero attached hydrogens (tertiary/aromatic N) is 2. The minimum absolute atomic E-state index is 0.0503. The Morgan fingerprint density at radius 1 is 1.15 bits per heavy atom. The van der Waals surface area contributed by atoms with Crippen molar-refractivity contribution in [3.8, 4) is 0 Å². The zero-order valence-corrected chi connectivity index (χ0v) is 17.7. The molecule has 0 bridgehead atoms. The molecule has 2 aromatic carbocycles. The summed E-state index contributed by atoms with van der Waals surface area (Å²) in [7, 11) is 1.85. The molecular weight excluding hydrogens is 430 g/mol. The first-order chi connectivity index (χ1) is 15.6. The molecule has 172 valence electrons. The molecule has 0 aliphatic rings. The molecule has 33 heavy (non-hydrogen) atoms. The number of amides is 1. The van der Waals surface area contributed by atoms with Gasteiger partial charge in [0.15, 0.2) is 0 Å². The van der Waals surface area contributed by atoms with E-state index < -0.39 is 23.9 Å². The Hall–Kier alpha value is -4.41. The van der Waals surface area contributed by atoms with Gasteiger partial charge in [0, 0.05) is 31.3 Å². The molecule has 0 radical (unpaired) electrons. The third-order valence-electron chi connectivity index (χ3n) is 5.03. The SMILES string of the molecule is CN(Cc1ccc(C(=O)N[C@@H](CCC(=O)O)C(=O)O)cc1)c1ccc2nc(N)[nH]c(=O)c2c1. The maximum atomic E-state index is 12.4. The summed E-state index contributed by atoms with van der Waals surface area (Å²) in [4.78, 5) is 54.9. The second kappa shape index (κ2) is 9.81. The monoisotopic (exact) mass is 453 g/mol. The summed E-state index contributed by atoms with van der Waals surface area (Å²) >= 11 is 0. The number of aromatic nitrogens is 2. The van der Waals surface area contributed by atoms with E-state index in [1.54, 1.807) is 36.4 Å². The summed E-state index contributed by atoms with van der Waals surface area (Å²) in [5.41, 5.74) is 7.64. The Labute approximate surface area is 187 Å². The number of anilines is 2. The fourth-order valence-corrected chi connectivity index (χ4v) is 3.28. The van der Waals surface area contributed by atoms with Gasteiger partial charge in [0.2, 0.25) is 5.95 Å². The molecule has 0 unspecified atom stereocenters. The van der Waals surface area contributed by atoms with Crippen LogP contribution >= 0.6 is 0 Å². The van der Waals surface area contributed by atoms with Crippen molar-refractivity contribution in [3.05, 3.63) is 63.9 Å². The summed E-state index contributed by atoms with van der Waals surface area (Å²) in [6.45, 7) is 0.476. The van der Waals surface area contributed by atoms with Gasteiger partial charge >= 0.3 is 11.9 Å². The van der Waals surface area contributed by atoms with Gasteiger partial charge in [0.25, 0.3) is 11.5 Å². The quantitative estimate of drug-likeness (QED) is 0.318. The lowest BCUT2D eigenvalue weighted by molar-refractivity contribution is -0.140. The van der Waals surface area contributed by atoms with E-state index in [1.165, 1.54) is 0 Å². The number of carbonyl (C=O) groups is 3. The molecule has 3 rings (SSSR count). The van der Waals surface area contributed by atoms with Crippen molar-refractivity contribution in [1.29, 1.82) is 0 Å². The van der Waals surface area contributed by atoms with Gasteiger partial charge in [-0.2, -0.15) is 0 Å². The van der Waals surface area contributed by atoms with Crippen molar-refractivity contribution in [2.75, 3.05) is 17.7 Å². The predicted molar refractivity (Wildman–Crippen MR) is 121 cm³/mol. The molecule has 3 aromatic rings. The lowest BCUT2D eigenvalue weighted by Crippen LogP contribution is -2.41. The highest BCUT2D eigenvalue weighted by molar-refractivity contribution is 5.96. The van der Waals surface area contributed by atoms with Crippen LogP contribution in [0.15, 0.2) is 47.3 Å². The van der Waals surface area contributed by atoms with Gasteiger partial charge in [0.05, 0.1) is 10.9 Å². The Morgan fingerprint density at radius 2 is 1.85 bits per heavy atom. The highest BCUT2D eigenvalue weighted by Gasteiger charge is 2.21. The molecule has 0 fully saturated rings. The zero-order chi connectivity index (χ0) is 24.1. The van der Waals surface area contributed by atoms with E-state index >= 15 is 0 Å². The molecular formula is C22H23N5O6. The number of nitrogens with one attached hydrogen (secondary N) is 2. The highest BCUT2D eigenvalue weighted by atomic mass is 16.4. The van der Waals surface area contributed by atoms with Crippen LogP contribution in [-0.4, -0.2) is 51.1 Å². The first kappa shape index (κ1) is 23.3. The van der Waals surface area contributed by atoms with E-state index in [-0.39, 0.29) is 29.9 Å². The van der Waals surface area contributed by atoms with Gasteiger partial charge < -0.3 is 26.2 Å². The van der Waals surface area contributed by atoms with Gasteiger partial charge in [-0.3, -0.25) is 19.4 Å². The molecule has 6 N–H and O–H groups in total. The standard InChI is InChI=1S/C22H23N5O6/c1-27(14-6-7-16-15(10-14)20(31)26-22(23)25-16)11-12-2-4-13(5-3-12)19(30)24-17(21(32)33)8-9-18(28)29/h2-7,10,17H,8-9,11H2,1H3,(H,24,30)(H,28,29)(H,32,33)(H3,23,25,26,31)/t17-/m0/s1. The summed E-state index contributed by atoms with van der Waals surface area (Å²) in [6.07, 6.45) is -0.581. The Morgan fingerprint density at radius 3 is 2.48 bits per heavy atom. The van der Waals surface area contributed by atoms with E-state index in [2.05, 4.69) is 15.3 Å². The van der Waals surface area contributed by atoms with Crippen LogP contribution in [0.1, 0.15) is 28.8 Å². The van der Waals surface area contributed by atoms with Crippen molar-refractivity contribution in [3.63, 3.8) is 0 Å². The summed E-state index contributed by atoms with van der Waals surface area (Å²) in [5, 5.41) is 20.7. The number of nitrogen functional groups attached to an aromatic ring is 1. The van der Waals surface area contributed by atoms with Crippen LogP contribution in [0.25, 0.3) is 10.9 Å². The molecule has 1 heterocycles. The van der Waals surface area contributed by atoms with E-state index in [0.717, 1.165) is 11.3 Å². The van der Waals surface area contributed by atoms with Crippen molar-refractivity contribution in [1.82, 2.24) is 15.3 Å². The molecule has 1 aromatic heterocycles. The fraction of sp³-hybridized carbons (Fsp3) is 0.227. The third-order valence-corrected chi connectivity index (χ3v) is 5.03. The molecule has 0 spiro atoms. The number of aromatic amines is 1. The van der Waals surface area contributed by atoms with Crippen LogP contribution in [0.5, 0.6) is 0 Å². The van der Waals surface area contributed by atoms with E-state index in [4.69, 9.17) is 10.8 Å². The second-order valence-corrected chi connectivity index (χ2v) is 7.50. The number of aliphatic carboxylic acids is 2. The number of benzene rings is 2. The Bertz CT molecular complexity index is 1250. The largest absolute Gasteiger partial charge is 0.481 e. The number of carboxylic acids is 2. The van der Waals surface area contributed by atoms with Crippen molar-refractivity contribution in [2.24, 2.45) is 0 Å². The summed E-state index contributed by atoms with van der Waals surface area (Å²) in [6, 6.07) is 10.5. The van der Waals surface area contributed by atoms with Gasteiger partial charge in [-0.25, -0.2) is 9.78 Å². The molecule has 11 nitrogen and oxygen atoms in total. The van der Waals surface area contributed by atoms with Crippen LogP contribution in [0.3, 0.4) is 0 Å². The van der Waals surface area contributed by atoms with Gasteiger partial charge in [-0.15, -0.1) is 0 Å². The molecule has 0 saturated heterocycles. The molecule has 1 amide bonds. The second-order valence-electron chi connectivity index (χ2n) is 7.50. The lowest BCUT2D eigenvalue weighted by atomic mass is 10.1. The number of carbonyl (C=O) groups excluding carboxylic acids is 1. The topological polar surface area (TPSA) is 179 Å². The highest BCUT2D eigenvalue weighted by Crippen LogP contribution is 2.20. The first-order valence-electron chi connectivity index (χ1n) is 9.99. The average molecular weight is 453 g/mol. The smallest absolute Gasteiger partial charge is 0.326 e. The van der Waals surface area contributed by atoms with Crippen molar-refractivity contribution >= 4 is 40.4 Å². The lowest BCUT2D eigenvalue weighted by Gasteiger charge is -2.20. The van der Waals surface area contributed by atoms with Gasteiger partial charge in [0.1, 0.15) is 6.04 Å². The van der Waals surface area contributed by atoms with E-state index in [0.29, 0.717) is 17.4 Å². The molecule has 1 atom stereocenters. The number of carboxylic acid groups (broad SMARTS) is 2. The maximum absolute atomic E-state index is 12.4. The van der Waals surface area contributed by atoms with Crippen LogP contribution in [0.4, 0.5) is 11.6 Å². The fourth-order valence-electron chi connectivity index (χ4n) is 3.28. The number of hydrogen-bond acceptors (Lipinski definition) is 7. The number of fused-ring (bicyclic) bond motifs is 1. The van der Waals surface area contributed by atoms with Gasteiger partial charge in [-0.05, 0) is 42.3 Å². The molecule has 0 aliphatic heterocycles. The van der Waals surface area contributed by atoms with Crippen molar-refractivity contribution < 1.29 is 24.6 Å². The third kappa shape index (κ3) is 5.85. The minimum Gasteiger partial charge on any atom is -0.481 e. The number of H-pyrrole nitrogens is 1. The first-order valence-corrected chi connectivity index (χ1v) is 9.99. The predicted octanol–water partition coefficient (Wildman–Crippen LogP) is 1.19. The Balaban J connectivity index is 1.68. The number of nitrogens with two attached hydrogens (primary N) is 1. The molecule has 11 heteroatoms. The van der Waals surface area contributed by atoms with Crippen LogP contribution in [-0.2, 0) is 16.1 Å². The van der Waals surface area contributed by atoms with Crippen LogP contribution < -0.4 is 21.5 Å². The molecule has 0 saturated carbocycles.